The van der Waals surface area contributed by atoms with Gasteiger partial charge in [0.05, 0.1) is 0 Å². The molecule has 0 spiro atoms. The fraction of sp³-hybridized carbons (Fsp3) is 0.417. The Hall–Kier alpha value is -1.40. The molecule has 0 unspecified atom stereocenters. The number of nitrogens with one attached hydrogen (secondary N) is 1. The maximum Gasteiger partial charge on any atom is 0.209 e. The summed E-state index contributed by atoms with van der Waals surface area (Å²) in [6.45, 7) is 1.93. The number of aryl methyl sites for hydroxylation is 1. The Balaban J connectivity index is 1.56. The van der Waals surface area contributed by atoms with Gasteiger partial charge in [0.25, 0.3) is 0 Å². The van der Waals surface area contributed by atoms with Crippen molar-refractivity contribution in [3.63, 3.8) is 0 Å². The van der Waals surface area contributed by atoms with Gasteiger partial charge in [0.2, 0.25) is 5.16 Å². The van der Waals surface area contributed by atoms with E-state index in [0.717, 1.165) is 30.4 Å². The number of hydrogen-bond acceptors (Lipinski definition) is 5. The minimum atomic E-state index is 0.873. The van der Waals surface area contributed by atoms with E-state index in [1.165, 1.54) is 5.56 Å². The summed E-state index contributed by atoms with van der Waals surface area (Å²) in [6.07, 6.45) is 1.10. The van der Waals surface area contributed by atoms with Crippen LogP contribution >= 0.6 is 11.8 Å². The normalized spacial score (nSPS) is 10.7. The van der Waals surface area contributed by atoms with Gasteiger partial charge in [0.1, 0.15) is 0 Å². The Kier molecular flexibility index (Phi) is 5.16. The molecule has 96 valence electrons. The van der Waals surface area contributed by atoms with Crippen LogP contribution in [0, 0.1) is 0 Å². The molecule has 0 aliphatic carbocycles. The van der Waals surface area contributed by atoms with Gasteiger partial charge in [-0.1, -0.05) is 42.1 Å². The van der Waals surface area contributed by atoms with Crippen LogP contribution in [0.5, 0.6) is 0 Å². The van der Waals surface area contributed by atoms with E-state index < -0.39 is 0 Å². The molecule has 0 fully saturated rings. The van der Waals surface area contributed by atoms with Crippen molar-refractivity contribution in [3.8, 4) is 0 Å². The second kappa shape index (κ2) is 7.13. The first kappa shape index (κ1) is 13.0. The summed E-state index contributed by atoms with van der Waals surface area (Å²) in [5.41, 5.74) is 1.32. The van der Waals surface area contributed by atoms with Gasteiger partial charge in [0, 0.05) is 19.3 Å². The van der Waals surface area contributed by atoms with Crippen LogP contribution in [0.2, 0.25) is 0 Å². The molecule has 0 bridgehead atoms. The zero-order valence-corrected chi connectivity index (χ0v) is 11.2. The molecule has 0 aliphatic rings. The lowest BCUT2D eigenvalue weighted by atomic mass is 10.2. The number of tetrazole rings is 1. The molecule has 6 heteroatoms. The molecule has 0 aliphatic heterocycles. The fourth-order valence-electron chi connectivity index (χ4n) is 1.53. The first-order valence-electron chi connectivity index (χ1n) is 5.96. The summed E-state index contributed by atoms with van der Waals surface area (Å²) in [4.78, 5) is 0. The molecule has 5 nitrogen and oxygen atoms in total. The van der Waals surface area contributed by atoms with Crippen LogP contribution in [0.4, 0.5) is 0 Å². The summed E-state index contributed by atoms with van der Waals surface area (Å²) < 4.78 is 1.70. The lowest BCUT2D eigenvalue weighted by Gasteiger charge is -2.04. The molecule has 0 amide bonds. The summed E-state index contributed by atoms with van der Waals surface area (Å²) in [7, 11) is 1.86. The van der Waals surface area contributed by atoms with Crippen LogP contribution in [0.15, 0.2) is 35.5 Å². The third kappa shape index (κ3) is 4.12. The highest BCUT2D eigenvalue weighted by Gasteiger charge is 2.01. The van der Waals surface area contributed by atoms with Gasteiger partial charge in [-0.05, 0) is 29.0 Å². The number of benzene rings is 1. The Morgan fingerprint density at radius 1 is 1.28 bits per heavy atom. The maximum absolute atomic E-state index is 3.93. The van der Waals surface area contributed by atoms with Gasteiger partial charge < -0.3 is 5.32 Å². The van der Waals surface area contributed by atoms with E-state index in [1.54, 1.807) is 16.4 Å². The Morgan fingerprint density at radius 2 is 2.11 bits per heavy atom. The molecule has 0 atom stereocenters. The summed E-state index contributed by atoms with van der Waals surface area (Å²) in [5.74, 6) is 1.02. The van der Waals surface area contributed by atoms with Gasteiger partial charge in [0.15, 0.2) is 0 Å². The van der Waals surface area contributed by atoms with Crippen molar-refractivity contribution >= 4 is 11.8 Å². The third-order valence-corrected chi connectivity index (χ3v) is 3.58. The van der Waals surface area contributed by atoms with Gasteiger partial charge in [-0.25, -0.2) is 4.68 Å². The lowest BCUT2D eigenvalue weighted by Crippen LogP contribution is -2.15. The zero-order valence-electron chi connectivity index (χ0n) is 10.4. The first-order chi connectivity index (χ1) is 8.86. The van der Waals surface area contributed by atoms with Crippen molar-refractivity contribution in [1.29, 1.82) is 0 Å². The topological polar surface area (TPSA) is 55.6 Å². The average Bonchev–Trinajstić information content (AvgIpc) is 2.81. The van der Waals surface area contributed by atoms with Gasteiger partial charge in [-0.3, -0.25) is 0 Å². The Bertz CT molecular complexity index is 457. The Morgan fingerprint density at radius 3 is 2.83 bits per heavy atom. The number of aromatic nitrogens is 4. The monoisotopic (exact) mass is 263 g/mol. The maximum atomic E-state index is 3.93. The standard InChI is InChI=1S/C12H17N5S/c1-17-12(14-15-16-17)18-9-5-8-13-10-11-6-3-2-4-7-11/h2-4,6-7,13H,5,8-10H2,1H3. The summed E-state index contributed by atoms with van der Waals surface area (Å²) in [5, 5.41) is 15.6. The van der Waals surface area contributed by atoms with Crippen molar-refractivity contribution in [2.24, 2.45) is 7.05 Å². The van der Waals surface area contributed by atoms with E-state index in [1.807, 2.05) is 13.1 Å². The molecule has 1 N–H and O–H groups in total. The molecule has 1 aromatic carbocycles. The van der Waals surface area contributed by atoms with Crippen LogP contribution in [-0.4, -0.2) is 32.5 Å². The van der Waals surface area contributed by atoms with E-state index in [-0.39, 0.29) is 0 Å². The predicted octanol–water partition coefficient (Wildman–Crippen LogP) is 1.48. The number of rotatable bonds is 7. The van der Waals surface area contributed by atoms with Crippen LogP contribution < -0.4 is 5.32 Å². The SMILES string of the molecule is Cn1nnnc1SCCCNCc1ccccc1. The largest absolute Gasteiger partial charge is 0.313 e. The van der Waals surface area contributed by atoms with Crippen molar-refractivity contribution in [1.82, 2.24) is 25.5 Å². The smallest absolute Gasteiger partial charge is 0.209 e. The molecule has 1 aromatic heterocycles. The van der Waals surface area contributed by atoms with Gasteiger partial charge >= 0.3 is 0 Å². The zero-order chi connectivity index (χ0) is 12.6. The molecular formula is C12H17N5S. The average molecular weight is 263 g/mol. The first-order valence-corrected chi connectivity index (χ1v) is 6.94. The van der Waals surface area contributed by atoms with Crippen LogP contribution in [0.25, 0.3) is 0 Å². The molecule has 0 saturated heterocycles. The van der Waals surface area contributed by atoms with E-state index in [9.17, 15) is 0 Å². The second-order valence-electron chi connectivity index (χ2n) is 3.95. The summed E-state index contributed by atoms with van der Waals surface area (Å²) in [6, 6.07) is 10.4. The highest BCUT2D eigenvalue weighted by molar-refractivity contribution is 7.99. The van der Waals surface area contributed by atoms with E-state index in [2.05, 4.69) is 45.1 Å². The number of thioether (sulfide) groups is 1. The fourth-order valence-corrected chi connectivity index (χ4v) is 2.32. The van der Waals surface area contributed by atoms with E-state index in [4.69, 9.17) is 0 Å². The number of hydrogen-bond donors (Lipinski definition) is 1. The molecular weight excluding hydrogens is 246 g/mol. The van der Waals surface area contributed by atoms with E-state index in [0.29, 0.717) is 0 Å². The van der Waals surface area contributed by atoms with Crippen molar-refractivity contribution in [2.75, 3.05) is 12.3 Å². The van der Waals surface area contributed by atoms with Crippen LogP contribution in [-0.2, 0) is 13.6 Å². The quantitative estimate of drug-likeness (QED) is 0.606. The predicted molar refractivity (Wildman–Crippen MR) is 72.3 cm³/mol. The van der Waals surface area contributed by atoms with E-state index >= 15 is 0 Å². The molecule has 18 heavy (non-hydrogen) atoms. The highest BCUT2D eigenvalue weighted by Crippen LogP contribution is 2.12. The van der Waals surface area contributed by atoms with Gasteiger partial charge in [-0.2, -0.15) is 0 Å². The molecule has 2 rings (SSSR count). The molecule has 0 saturated carbocycles. The van der Waals surface area contributed by atoms with Crippen molar-refractivity contribution < 1.29 is 0 Å². The number of nitrogens with zero attached hydrogens (tertiary/aromatic N) is 4. The minimum Gasteiger partial charge on any atom is -0.313 e. The van der Waals surface area contributed by atoms with Crippen LogP contribution in [0.1, 0.15) is 12.0 Å². The molecule has 0 radical (unpaired) electrons. The lowest BCUT2D eigenvalue weighted by molar-refractivity contribution is 0.661. The second-order valence-corrected chi connectivity index (χ2v) is 5.01. The highest BCUT2D eigenvalue weighted by atomic mass is 32.2. The van der Waals surface area contributed by atoms with Crippen LogP contribution in [0.3, 0.4) is 0 Å². The third-order valence-electron chi connectivity index (χ3n) is 2.48. The molecule has 1 heterocycles. The van der Waals surface area contributed by atoms with Crippen molar-refractivity contribution in [2.45, 2.75) is 18.1 Å². The van der Waals surface area contributed by atoms with Gasteiger partial charge in [-0.15, -0.1) is 5.10 Å². The molecule has 2 aromatic rings. The Labute approximate surface area is 111 Å². The summed E-state index contributed by atoms with van der Waals surface area (Å²) >= 11 is 1.69. The van der Waals surface area contributed by atoms with Crippen molar-refractivity contribution in [3.05, 3.63) is 35.9 Å². The minimum absolute atomic E-state index is 0.873.